The van der Waals surface area contributed by atoms with E-state index in [0.29, 0.717) is 41.3 Å². The summed E-state index contributed by atoms with van der Waals surface area (Å²) in [5.41, 5.74) is 9.60. The van der Waals surface area contributed by atoms with Crippen LogP contribution in [0.4, 0.5) is 10.2 Å². The minimum absolute atomic E-state index is 0.00533. The number of pyridine rings is 2. The third kappa shape index (κ3) is 3.78. The number of rotatable bonds is 6. The van der Waals surface area contributed by atoms with Crippen LogP contribution in [0.3, 0.4) is 0 Å². The Morgan fingerprint density at radius 1 is 1.43 bits per heavy atom. The molecule has 0 bridgehead atoms. The van der Waals surface area contributed by atoms with Gasteiger partial charge in [-0.15, -0.1) is 0 Å². The zero-order valence-corrected chi connectivity index (χ0v) is 18.1. The summed E-state index contributed by atoms with van der Waals surface area (Å²) in [6.07, 6.45) is 1.50. The quantitative estimate of drug-likeness (QED) is 0.564. The van der Waals surface area contributed by atoms with Gasteiger partial charge in [-0.2, -0.15) is 0 Å². The predicted octanol–water partition coefficient (Wildman–Crippen LogP) is 3.15. The molecular formula is C20H21BrFN5O3. The highest BCUT2D eigenvalue weighted by Gasteiger charge is 2.27. The molecule has 3 aromatic heterocycles. The maximum absolute atomic E-state index is 14.4. The Balaban J connectivity index is 1.71. The van der Waals surface area contributed by atoms with Crippen molar-refractivity contribution >= 4 is 38.7 Å². The molecule has 0 aromatic carbocycles. The number of anilines is 1. The van der Waals surface area contributed by atoms with E-state index < -0.39 is 5.82 Å². The van der Waals surface area contributed by atoms with Crippen LogP contribution in [0.15, 0.2) is 22.8 Å². The number of nitrogens with one attached hydrogen (secondary N) is 1. The van der Waals surface area contributed by atoms with Gasteiger partial charge < -0.3 is 25.1 Å². The minimum atomic E-state index is -0.493. The molecule has 0 radical (unpaired) electrons. The maximum atomic E-state index is 14.4. The summed E-state index contributed by atoms with van der Waals surface area (Å²) in [5.74, 6) is -0.403. The Hall–Kier alpha value is -2.56. The van der Waals surface area contributed by atoms with Gasteiger partial charge in [0.25, 0.3) is 5.91 Å². The normalized spacial score (nSPS) is 14.1. The summed E-state index contributed by atoms with van der Waals surface area (Å²) < 4.78 is 25.6. The van der Waals surface area contributed by atoms with Crippen molar-refractivity contribution in [3.8, 4) is 0 Å². The fraction of sp³-hybridized carbons (Fsp3) is 0.350. The van der Waals surface area contributed by atoms with Gasteiger partial charge in [-0.25, -0.2) is 9.37 Å². The van der Waals surface area contributed by atoms with E-state index >= 15 is 0 Å². The van der Waals surface area contributed by atoms with Crippen LogP contribution in [0.1, 0.15) is 34.2 Å². The van der Waals surface area contributed by atoms with Gasteiger partial charge in [0.05, 0.1) is 49.1 Å². The largest absolute Gasteiger partial charge is 0.383 e. The predicted molar refractivity (Wildman–Crippen MR) is 112 cm³/mol. The lowest BCUT2D eigenvalue weighted by molar-refractivity contribution is 0.0531. The Kier molecular flexibility index (Phi) is 5.72. The van der Waals surface area contributed by atoms with Crippen LogP contribution in [0, 0.1) is 5.82 Å². The van der Waals surface area contributed by atoms with Crippen LogP contribution in [0.5, 0.6) is 0 Å². The third-order valence-corrected chi connectivity index (χ3v) is 5.57. The molecule has 1 aliphatic heterocycles. The number of hydrogen-bond donors (Lipinski definition) is 2. The lowest BCUT2D eigenvalue weighted by Crippen LogP contribution is -2.41. The molecule has 1 amide bonds. The van der Waals surface area contributed by atoms with E-state index in [4.69, 9.17) is 15.2 Å². The van der Waals surface area contributed by atoms with Gasteiger partial charge in [-0.3, -0.25) is 9.78 Å². The molecule has 10 heteroatoms. The average molecular weight is 478 g/mol. The Labute approximate surface area is 180 Å². The van der Waals surface area contributed by atoms with Crippen molar-refractivity contribution < 1.29 is 18.7 Å². The molecule has 0 unspecified atom stereocenters. The summed E-state index contributed by atoms with van der Waals surface area (Å²) in [7, 11) is 1.55. The molecule has 0 fully saturated rings. The number of H-pyrrole nitrogens is 1. The van der Waals surface area contributed by atoms with E-state index in [1.165, 1.54) is 17.2 Å². The first-order valence-electron chi connectivity index (χ1n) is 9.36. The number of amides is 1. The van der Waals surface area contributed by atoms with Crippen molar-refractivity contribution in [2.45, 2.75) is 32.7 Å². The standard InChI is InChI=1S/C20H21BrFN5O3/c1-10(7-29-2)27(6-17-14(22)3-11(21)5-24-17)20(28)16-4-15-18(25-16)12-8-30-9-13(12)19(23)26-15/h3-5,10,25H,6-9H2,1-2H3,(H2,23,26)/t10-/m1/s1. The molecule has 3 aromatic rings. The number of methoxy groups -OCH3 is 1. The SMILES string of the molecule is COC[C@@H](C)N(Cc1ncc(Br)cc1F)C(=O)c1cc2nc(N)c3c(c2[nH]1)COC3. The van der Waals surface area contributed by atoms with Gasteiger partial charge in [-0.05, 0) is 35.0 Å². The van der Waals surface area contributed by atoms with Crippen molar-refractivity contribution in [2.75, 3.05) is 19.5 Å². The van der Waals surface area contributed by atoms with E-state index in [1.807, 2.05) is 6.92 Å². The fourth-order valence-corrected chi connectivity index (χ4v) is 3.89. The molecule has 1 aliphatic rings. The number of nitrogen functional groups attached to an aromatic ring is 1. The van der Waals surface area contributed by atoms with Gasteiger partial charge in [0, 0.05) is 28.9 Å². The van der Waals surface area contributed by atoms with Crippen molar-refractivity contribution in [2.24, 2.45) is 0 Å². The summed E-state index contributed by atoms with van der Waals surface area (Å²) in [5, 5.41) is 0. The first-order valence-corrected chi connectivity index (χ1v) is 10.2. The van der Waals surface area contributed by atoms with Crippen LogP contribution in [0.2, 0.25) is 0 Å². The van der Waals surface area contributed by atoms with Gasteiger partial charge in [0.2, 0.25) is 0 Å². The van der Waals surface area contributed by atoms with E-state index in [1.54, 1.807) is 13.2 Å². The van der Waals surface area contributed by atoms with Crippen LogP contribution in [-0.2, 0) is 29.2 Å². The van der Waals surface area contributed by atoms with Crippen LogP contribution in [0.25, 0.3) is 11.0 Å². The molecule has 158 valence electrons. The summed E-state index contributed by atoms with van der Waals surface area (Å²) in [6.45, 7) is 2.93. The number of carbonyl (C=O) groups excluding carboxylic acids is 1. The molecule has 30 heavy (non-hydrogen) atoms. The van der Waals surface area contributed by atoms with Crippen LogP contribution in [-0.4, -0.2) is 45.5 Å². The average Bonchev–Trinajstić information content (AvgIpc) is 3.34. The molecule has 4 heterocycles. The van der Waals surface area contributed by atoms with Gasteiger partial charge >= 0.3 is 0 Å². The summed E-state index contributed by atoms with van der Waals surface area (Å²) >= 11 is 3.20. The molecule has 0 saturated heterocycles. The first-order chi connectivity index (χ1) is 14.4. The van der Waals surface area contributed by atoms with Crippen LogP contribution >= 0.6 is 15.9 Å². The summed E-state index contributed by atoms with van der Waals surface area (Å²) in [6, 6.07) is 2.67. The Morgan fingerprint density at radius 3 is 2.93 bits per heavy atom. The van der Waals surface area contributed by atoms with Gasteiger partial charge in [0.1, 0.15) is 17.3 Å². The molecule has 1 atom stereocenters. The zero-order chi connectivity index (χ0) is 21.4. The van der Waals surface area contributed by atoms with E-state index in [-0.39, 0.29) is 24.2 Å². The number of hydrogen-bond acceptors (Lipinski definition) is 6. The molecule has 8 nitrogen and oxygen atoms in total. The van der Waals surface area contributed by atoms with Crippen molar-refractivity contribution in [3.05, 3.63) is 51.1 Å². The highest BCUT2D eigenvalue weighted by Crippen LogP contribution is 2.31. The topological polar surface area (TPSA) is 106 Å². The van der Waals surface area contributed by atoms with E-state index in [2.05, 4.69) is 30.9 Å². The highest BCUT2D eigenvalue weighted by molar-refractivity contribution is 9.10. The molecule has 4 rings (SSSR count). The number of aromatic nitrogens is 3. The molecular weight excluding hydrogens is 457 g/mol. The highest BCUT2D eigenvalue weighted by atomic mass is 79.9. The number of halogens is 2. The minimum Gasteiger partial charge on any atom is -0.383 e. The molecule has 0 aliphatic carbocycles. The Morgan fingerprint density at radius 2 is 2.20 bits per heavy atom. The number of aromatic amines is 1. The van der Waals surface area contributed by atoms with Crippen molar-refractivity contribution in [1.29, 1.82) is 0 Å². The fourth-order valence-electron chi connectivity index (χ4n) is 3.59. The van der Waals surface area contributed by atoms with Crippen molar-refractivity contribution in [1.82, 2.24) is 19.9 Å². The Bertz CT molecular complexity index is 1120. The second-order valence-corrected chi connectivity index (χ2v) is 8.13. The number of ether oxygens (including phenoxy) is 2. The number of carbonyl (C=O) groups is 1. The second-order valence-electron chi connectivity index (χ2n) is 7.21. The van der Waals surface area contributed by atoms with Gasteiger partial charge in [0.15, 0.2) is 0 Å². The maximum Gasteiger partial charge on any atom is 0.271 e. The second kappa shape index (κ2) is 8.29. The lowest BCUT2D eigenvalue weighted by atomic mass is 10.1. The molecule has 3 N–H and O–H groups in total. The number of nitrogens with zero attached hydrogens (tertiary/aromatic N) is 3. The van der Waals surface area contributed by atoms with E-state index in [0.717, 1.165) is 16.6 Å². The van der Waals surface area contributed by atoms with Crippen LogP contribution < -0.4 is 5.73 Å². The zero-order valence-electron chi connectivity index (χ0n) is 16.5. The number of nitrogens with two attached hydrogens (primary N) is 1. The summed E-state index contributed by atoms with van der Waals surface area (Å²) in [4.78, 5) is 26.6. The van der Waals surface area contributed by atoms with Gasteiger partial charge in [-0.1, -0.05) is 0 Å². The van der Waals surface area contributed by atoms with E-state index in [9.17, 15) is 9.18 Å². The number of fused-ring (bicyclic) bond motifs is 3. The lowest BCUT2D eigenvalue weighted by Gasteiger charge is -2.28. The third-order valence-electron chi connectivity index (χ3n) is 5.14. The van der Waals surface area contributed by atoms with Crippen molar-refractivity contribution in [3.63, 3.8) is 0 Å². The molecule has 0 spiro atoms. The smallest absolute Gasteiger partial charge is 0.271 e. The molecule has 0 saturated carbocycles. The monoisotopic (exact) mass is 477 g/mol. The first kappa shape index (κ1) is 20.7.